The van der Waals surface area contributed by atoms with Crippen LogP contribution >= 0.6 is 0 Å². The maximum Gasteiger partial charge on any atom is 0.121 e. The Morgan fingerprint density at radius 2 is 1.85 bits per heavy atom. The Morgan fingerprint density at radius 3 is 2.45 bits per heavy atom. The minimum atomic E-state index is 0.339. The molecule has 0 bridgehead atoms. The van der Waals surface area contributed by atoms with Crippen LogP contribution in [0.5, 0.6) is 5.75 Å². The Balaban J connectivity index is 1.81. The molecular weight excluding hydrogens is 248 g/mol. The molecule has 1 aliphatic rings. The molecule has 2 aromatic rings. The van der Waals surface area contributed by atoms with Crippen molar-refractivity contribution in [2.24, 2.45) is 0 Å². The van der Waals surface area contributed by atoms with Crippen molar-refractivity contribution < 1.29 is 4.74 Å². The maximum atomic E-state index is 9.20. The summed E-state index contributed by atoms with van der Waals surface area (Å²) in [5.41, 5.74) is 4.30. The van der Waals surface area contributed by atoms with E-state index in [1.165, 1.54) is 11.1 Å². The molecule has 0 amide bonds. The first-order chi connectivity index (χ1) is 9.80. The molecule has 0 fully saturated rings. The predicted molar refractivity (Wildman–Crippen MR) is 79.0 cm³/mol. The summed E-state index contributed by atoms with van der Waals surface area (Å²) in [4.78, 5) is 0. The number of benzene rings is 2. The van der Waals surface area contributed by atoms with Crippen LogP contribution in [0.2, 0.25) is 0 Å². The molecule has 0 heterocycles. The third-order valence-corrected chi connectivity index (χ3v) is 3.76. The molecular formula is C17H16N2O. The van der Waals surface area contributed by atoms with Gasteiger partial charge in [0.05, 0.1) is 18.4 Å². The average Bonchev–Trinajstić information content (AvgIpc) is 2.89. The van der Waals surface area contributed by atoms with Gasteiger partial charge >= 0.3 is 0 Å². The highest BCUT2D eigenvalue weighted by Crippen LogP contribution is 2.27. The van der Waals surface area contributed by atoms with E-state index in [2.05, 4.69) is 35.7 Å². The Hall–Kier alpha value is -2.47. The molecule has 0 saturated carbocycles. The van der Waals surface area contributed by atoms with Gasteiger partial charge in [-0.15, -0.1) is 0 Å². The van der Waals surface area contributed by atoms with Crippen molar-refractivity contribution in [3.63, 3.8) is 0 Å². The second-order valence-corrected chi connectivity index (χ2v) is 5.04. The van der Waals surface area contributed by atoms with E-state index in [1.54, 1.807) is 13.2 Å². The lowest BCUT2D eigenvalue weighted by Crippen LogP contribution is -2.20. The van der Waals surface area contributed by atoms with Gasteiger partial charge in [0.15, 0.2) is 0 Å². The fourth-order valence-corrected chi connectivity index (χ4v) is 2.75. The zero-order valence-corrected chi connectivity index (χ0v) is 11.4. The van der Waals surface area contributed by atoms with E-state index in [4.69, 9.17) is 4.74 Å². The molecule has 3 nitrogen and oxygen atoms in total. The van der Waals surface area contributed by atoms with Gasteiger partial charge in [0.25, 0.3) is 0 Å². The van der Waals surface area contributed by atoms with E-state index in [-0.39, 0.29) is 0 Å². The molecule has 2 aromatic carbocycles. The number of nitriles is 1. The molecule has 3 heteroatoms. The third-order valence-electron chi connectivity index (χ3n) is 3.76. The Labute approximate surface area is 118 Å². The Bertz CT molecular complexity index is 648. The van der Waals surface area contributed by atoms with Crippen LogP contribution in [0.4, 0.5) is 5.69 Å². The average molecular weight is 264 g/mol. The Morgan fingerprint density at radius 1 is 1.15 bits per heavy atom. The molecule has 1 N–H and O–H groups in total. The van der Waals surface area contributed by atoms with Gasteiger partial charge in [-0.05, 0) is 36.1 Å². The first kappa shape index (κ1) is 12.6. The van der Waals surface area contributed by atoms with Crippen LogP contribution in [0.15, 0.2) is 42.5 Å². The van der Waals surface area contributed by atoms with Crippen LogP contribution in [0.25, 0.3) is 0 Å². The second kappa shape index (κ2) is 5.26. The first-order valence-electron chi connectivity index (χ1n) is 6.71. The van der Waals surface area contributed by atoms with Crippen molar-refractivity contribution >= 4 is 5.69 Å². The summed E-state index contributed by atoms with van der Waals surface area (Å²) >= 11 is 0. The van der Waals surface area contributed by atoms with E-state index in [9.17, 15) is 5.26 Å². The second-order valence-electron chi connectivity index (χ2n) is 5.04. The fraction of sp³-hybridized carbons (Fsp3) is 0.235. The molecule has 100 valence electrons. The lowest BCUT2D eigenvalue weighted by atomic mass is 10.1. The molecule has 20 heavy (non-hydrogen) atoms. The number of anilines is 1. The van der Waals surface area contributed by atoms with Crippen LogP contribution < -0.4 is 10.1 Å². The fourth-order valence-electron chi connectivity index (χ4n) is 2.75. The molecule has 0 unspecified atom stereocenters. The minimum Gasteiger partial charge on any atom is -0.497 e. The SMILES string of the molecule is COc1ccc(C#N)c(NC2Cc3ccccc3C2)c1. The lowest BCUT2D eigenvalue weighted by Gasteiger charge is -2.15. The van der Waals surface area contributed by atoms with Gasteiger partial charge in [0.1, 0.15) is 11.8 Å². The van der Waals surface area contributed by atoms with Crippen LogP contribution in [0.1, 0.15) is 16.7 Å². The summed E-state index contributed by atoms with van der Waals surface area (Å²) in [6, 6.07) is 16.6. The number of nitrogens with one attached hydrogen (secondary N) is 1. The van der Waals surface area contributed by atoms with Gasteiger partial charge in [-0.2, -0.15) is 5.26 Å². The van der Waals surface area contributed by atoms with E-state index in [0.717, 1.165) is 24.3 Å². The van der Waals surface area contributed by atoms with Gasteiger partial charge in [0.2, 0.25) is 0 Å². The summed E-state index contributed by atoms with van der Waals surface area (Å²) in [6.45, 7) is 0. The van der Waals surface area contributed by atoms with Crippen LogP contribution in [0, 0.1) is 11.3 Å². The molecule has 0 radical (unpaired) electrons. The van der Waals surface area contributed by atoms with Gasteiger partial charge in [-0.3, -0.25) is 0 Å². The predicted octanol–water partition coefficient (Wildman–Crippen LogP) is 3.15. The van der Waals surface area contributed by atoms with Crippen LogP contribution in [-0.2, 0) is 12.8 Å². The summed E-state index contributed by atoms with van der Waals surface area (Å²) < 4.78 is 5.23. The van der Waals surface area contributed by atoms with Gasteiger partial charge < -0.3 is 10.1 Å². The quantitative estimate of drug-likeness (QED) is 0.926. The zero-order chi connectivity index (χ0) is 13.9. The molecule has 3 rings (SSSR count). The summed E-state index contributed by atoms with van der Waals surface area (Å²) in [5, 5.41) is 12.7. The highest BCUT2D eigenvalue weighted by molar-refractivity contribution is 5.61. The summed E-state index contributed by atoms with van der Waals surface area (Å²) in [6.07, 6.45) is 2.00. The number of nitrogens with zero attached hydrogens (tertiary/aromatic N) is 1. The monoisotopic (exact) mass is 264 g/mol. The highest BCUT2D eigenvalue weighted by atomic mass is 16.5. The molecule has 1 aliphatic carbocycles. The highest BCUT2D eigenvalue weighted by Gasteiger charge is 2.21. The zero-order valence-electron chi connectivity index (χ0n) is 11.4. The van der Waals surface area contributed by atoms with Gasteiger partial charge in [-0.1, -0.05) is 24.3 Å². The number of fused-ring (bicyclic) bond motifs is 1. The molecule has 0 atom stereocenters. The number of methoxy groups -OCH3 is 1. The lowest BCUT2D eigenvalue weighted by molar-refractivity contribution is 0.415. The Kier molecular flexibility index (Phi) is 3.30. The summed E-state index contributed by atoms with van der Waals surface area (Å²) in [5.74, 6) is 0.766. The number of hydrogen-bond donors (Lipinski definition) is 1. The standard InChI is InChI=1S/C17H16N2O/c1-20-16-7-6-14(11-18)17(10-16)19-15-8-12-4-2-3-5-13(12)9-15/h2-7,10,15,19H,8-9H2,1H3. The van der Waals surface area contributed by atoms with Crippen molar-refractivity contribution in [1.29, 1.82) is 5.26 Å². The summed E-state index contributed by atoms with van der Waals surface area (Å²) in [7, 11) is 1.64. The van der Waals surface area contributed by atoms with Crippen molar-refractivity contribution in [3.05, 3.63) is 59.2 Å². The van der Waals surface area contributed by atoms with Crippen LogP contribution in [0.3, 0.4) is 0 Å². The normalized spacial score (nSPS) is 13.6. The van der Waals surface area contributed by atoms with Gasteiger partial charge in [0, 0.05) is 12.1 Å². The van der Waals surface area contributed by atoms with E-state index in [0.29, 0.717) is 11.6 Å². The van der Waals surface area contributed by atoms with Crippen LogP contribution in [-0.4, -0.2) is 13.2 Å². The largest absolute Gasteiger partial charge is 0.497 e. The molecule has 0 saturated heterocycles. The number of ether oxygens (including phenoxy) is 1. The number of rotatable bonds is 3. The van der Waals surface area contributed by atoms with Gasteiger partial charge in [-0.25, -0.2) is 0 Å². The van der Waals surface area contributed by atoms with E-state index in [1.807, 2.05) is 12.1 Å². The van der Waals surface area contributed by atoms with Crippen molar-refractivity contribution in [1.82, 2.24) is 0 Å². The third kappa shape index (κ3) is 2.33. The molecule has 0 aliphatic heterocycles. The maximum absolute atomic E-state index is 9.20. The van der Waals surface area contributed by atoms with Crippen molar-refractivity contribution in [3.8, 4) is 11.8 Å². The first-order valence-corrected chi connectivity index (χ1v) is 6.71. The minimum absolute atomic E-state index is 0.339. The van der Waals surface area contributed by atoms with E-state index < -0.39 is 0 Å². The van der Waals surface area contributed by atoms with Crippen molar-refractivity contribution in [2.75, 3.05) is 12.4 Å². The molecule has 0 aromatic heterocycles. The topological polar surface area (TPSA) is 45.0 Å². The van der Waals surface area contributed by atoms with Crippen molar-refractivity contribution in [2.45, 2.75) is 18.9 Å². The molecule has 0 spiro atoms. The smallest absolute Gasteiger partial charge is 0.121 e. The van der Waals surface area contributed by atoms with E-state index >= 15 is 0 Å². The number of hydrogen-bond acceptors (Lipinski definition) is 3.